The molecule has 0 fully saturated rings. The van der Waals surface area contributed by atoms with Crippen LogP contribution in [-0.2, 0) is 4.57 Å². The van der Waals surface area contributed by atoms with Gasteiger partial charge in [-0.1, -0.05) is 0 Å². The largest absolute Gasteiger partial charge is 0.460 e. The number of halogens is 21. The summed E-state index contributed by atoms with van der Waals surface area (Å²) in [7, 11) is -5.42. The van der Waals surface area contributed by atoms with Crippen LogP contribution in [0.4, 0.5) is 92.2 Å². The number of hydrogen-bond donors (Lipinski definition) is 2. The topological polar surface area (TPSA) is 57.5 Å². The summed E-state index contributed by atoms with van der Waals surface area (Å²) in [6.45, 7) is 0. The van der Waals surface area contributed by atoms with E-state index >= 15 is 0 Å². The van der Waals surface area contributed by atoms with Gasteiger partial charge in [-0.3, -0.25) is 4.57 Å². The van der Waals surface area contributed by atoms with Crippen molar-refractivity contribution in [3.05, 3.63) is 0 Å². The maximum Gasteiger partial charge on any atom is 0.460 e. The Morgan fingerprint density at radius 1 is 0.421 bits per heavy atom. The van der Waals surface area contributed by atoms with Gasteiger partial charge in [0.1, 0.15) is 0 Å². The predicted octanol–water partition coefficient (Wildman–Crippen LogP) is 7.22. The summed E-state index contributed by atoms with van der Waals surface area (Å²) >= 11 is 0. The van der Waals surface area contributed by atoms with E-state index in [1.54, 1.807) is 0 Å². The smallest absolute Gasteiger partial charge is 0.324 e. The fourth-order valence-corrected chi connectivity index (χ4v) is 2.82. The van der Waals surface area contributed by atoms with Crippen LogP contribution in [0.25, 0.3) is 0 Å². The second-order valence-corrected chi connectivity index (χ2v) is 9.07. The molecule has 0 aromatic heterocycles. The second kappa shape index (κ2) is 9.37. The van der Waals surface area contributed by atoms with Gasteiger partial charge in [0, 0.05) is 6.42 Å². The summed E-state index contributed by atoms with van der Waals surface area (Å²) < 4.78 is 286. The van der Waals surface area contributed by atoms with Crippen molar-refractivity contribution in [1.82, 2.24) is 0 Å². The van der Waals surface area contributed by atoms with Gasteiger partial charge in [-0.15, -0.1) is 0 Å². The molecule has 0 aliphatic heterocycles. The molecule has 0 aliphatic rings. The van der Waals surface area contributed by atoms with E-state index in [9.17, 15) is 96.8 Å². The third-order valence-electron chi connectivity index (χ3n) is 4.52. The molecule has 38 heavy (non-hydrogen) atoms. The summed E-state index contributed by atoms with van der Waals surface area (Å²) in [6.07, 6.45) is -15.0. The first kappa shape index (κ1) is 36.7. The van der Waals surface area contributed by atoms with Gasteiger partial charge in [-0.25, -0.2) is 0 Å². The van der Waals surface area contributed by atoms with E-state index in [0.29, 0.717) is 0 Å². The minimum atomic E-state index is -9.24. The van der Waals surface area contributed by atoms with Crippen LogP contribution in [-0.4, -0.2) is 75.4 Å². The van der Waals surface area contributed by atoms with Crippen LogP contribution in [0, 0.1) is 0 Å². The van der Waals surface area contributed by atoms with Gasteiger partial charge in [0.25, 0.3) is 0 Å². The zero-order chi connectivity index (χ0) is 31.6. The standard InChI is InChI=1S/C13H8F21O3P/c14-4(15,2-1-3-38(35,36)37)5(16,17)6(18,19)7(20,21)8(22,23)9(24,25)10(26,27)11(28,29)12(30,31)13(32,33)34/h1-3H2,(H2,35,36,37). The highest BCUT2D eigenvalue weighted by Gasteiger charge is 2.97. The summed E-state index contributed by atoms with van der Waals surface area (Å²) in [5.41, 5.74) is 0. The van der Waals surface area contributed by atoms with Crippen LogP contribution in [0.3, 0.4) is 0 Å². The molecule has 0 unspecified atom stereocenters. The molecule has 0 spiro atoms. The molecule has 3 nitrogen and oxygen atoms in total. The molecule has 0 atom stereocenters. The molecule has 0 heterocycles. The van der Waals surface area contributed by atoms with Crippen molar-refractivity contribution in [2.45, 2.75) is 72.3 Å². The zero-order valence-corrected chi connectivity index (χ0v) is 17.7. The van der Waals surface area contributed by atoms with Gasteiger partial charge >= 0.3 is 67.1 Å². The lowest BCUT2D eigenvalue weighted by Crippen LogP contribution is -2.76. The van der Waals surface area contributed by atoms with Crippen LogP contribution < -0.4 is 0 Å². The van der Waals surface area contributed by atoms with Gasteiger partial charge in [-0.05, 0) is 6.42 Å². The van der Waals surface area contributed by atoms with Crippen molar-refractivity contribution in [2.24, 2.45) is 0 Å². The Labute approximate surface area is 194 Å². The Morgan fingerprint density at radius 2 is 0.658 bits per heavy atom. The first-order valence-corrected chi connectivity index (χ1v) is 10.3. The van der Waals surface area contributed by atoms with E-state index in [2.05, 4.69) is 0 Å². The summed E-state index contributed by atoms with van der Waals surface area (Å²) in [6, 6.07) is 0. The van der Waals surface area contributed by atoms with E-state index < -0.39 is 86.1 Å². The van der Waals surface area contributed by atoms with Gasteiger partial charge in [0.15, 0.2) is 0 Å². The van der Waals surface area contributed by atoms with Crippen LogP contribution >= 0.6 is 7.60 Å². The van der Waals surface area contributed by atoms with Crippen molar-refractivity contribution < 1.29 is 107 Å². The third-order valence-corrected chi connectivity index (χ3v) is 5.41. The molecule has 2 N–H and O–H groups in total. The van der Waals surface area contributed by atoms with Gasteiger partial charge in [0.2, 0.25) is 0 Å². The van der Waals surface area contributed by atoms with Gasteiger partial charge in [0.05, 0.1) is 6.16 Å². The first-order chi connectivity index (χ1) is 16.0. The lowest BCUT2D eigenvalue weighted by Gasteiger charge is -2.44. The molecule has 25 heteroatoms. The van der Waals surface area contributed by atoms with E-state index in [0.717, 1.165) is 0 Å². The molecule has 0 aromatic rings. The monoisotopic (exact) mass is 642 g/mol. The molecule has 0 radical (unpaired) electrons. The predicted molar refractivity (Wildman–Crippen MR) is 76.7 cm³/mol. The van der Waals surface area contributed by atoms with Crippen molar-refractivity contribution >= 4 is 7.60 Å². The first-order valence-electron chi connectivity index (χ1n) is 8.47. The van der Waals surface area contributed by atoms with Gasteiger partial charge < -0.3 is 9.79 Å². The molecule has 230 valence electrons. The zero-order valence-electron chi connectivity index (χ0n) is 16.8. The van der Waals surface area contributed by atoms with Crippen molar-refractivity contribution in [3.63, 3.8) is 0 Å². The van der Waals surface area contributed by atoms with Crippen molar-refractivity contribution in [3.8, 4) is 0 Å². The van der Waals surface area contributed by atoms with Crippen molar-refractivity contribution in [1.29, 1.82) is 0 Å². The fraction of sp³-hybridized carbons (Fsp3) is 1.00. The highest BCUT2D eigenvalue weighted by Crippen LogP contribution is 2.66. The maximum absolute atomic E-state index is 13.6. The average molecular weight is 642 g/mol. The number of rotatable bonds is 12. The third kappa shape index (κ3) is 5.12. The SMILES string of the molecule is O=P(O)(O)CCCC(F)(F)C(F)(F)C(F)(F)C(F)(F)C(F)(F)C(F)(F)C(F)(F)C(F)(F)C(F)(F)C(F)(F)F. The molecular formula is C13H8F21O3P. The molecule has 0 rings (SSSR count). The van der Waals surface area contributed by atoms with Crippen molar-refractivity contribution in [2.75, 3.05) is 6.16 Å². The van der Waals surface area contributed by atoms with Crippen LogP contribution in [0.5, 0.6) is 0 Å². The lowest BCUT2D eigenvalue weighted by atomic mass is 9.85. The Balaban J connectivity index is 6.85. The minimum absolute atomic E-state index is 1.90. The average Bonchev–Trinajstić information content (AvgIpc) is 2.64. The van der Waals surface area contributed by atoms with E-state index in [4.69, 9.17) is 9.79 Å². The van der Waals surface area contributed by atoms with Crippen LogP contribution in [0.2, 0.25) is 0 Å². The quantitative estimate of drug-likeness (QED) is 0.175. The Kier molecular flexibility index (Phi) is 9.04. The van der Waals surface area contributed by atoms with E-state index in [-0.39, 0.29) is 0 Å². The van der Waals surface area contributed by atoms with Crippen LogP contribution in [0.15, 0.2) is 0 Å². The number of hydrogen-bond acceptors (Lipinski definition) is 1. The Morgan fingerprint density at radius 3 is 0.895 bits per heavy atom. The van der Waals surface area contributed by atoms with Gasteiger partial charge in [-0.2, -0.15) is 92.2 Å². The maximum atomic E-state index is 13.6. The highest BCUT2D eigenvalue weighted by atomic mass is 31.2. The molecule has 0 amide bonds. The molecule has 0 bridgehead atoms. The highest BCUT2D eigenvalue weighted by molar-refractivity contribution is 7.51. The Bertz CT molecular complexity index is 901. The number of alkyl halides is 21. The molecule has 0 saturated heterocycles. The van der Waals surface area contributed by atoms with Crippen LogP contribution in [0.1, 0.15) is 12.8 Å². The second-order valence-electron chi connectivity index (χ2n) is 7.29. The summed E-state index contributed by atoms with van der Waals surface area (Å²) in [4.78, 5) is 16.6. The lowest BCUT2D eigenvalue weighted by molar-refractivity contribution is -0.474. The molecular weight excluding hydrogens is 634 g/mol. The fourth-order valence-electron chi connectivity index (χ4n) is 2.25. The normalized spacial score (nSPS) is 16.7. The molecule has 0 aromatic carbocycles. The molecule has 0 saturated carbocycles. The summed E-state index contributed by atoms with van der Waals surface area (Å²) in [5.74, 6) is -77.7. The Hall–Kier alpha value is -1.32. The van der Waals surface area contributed by atoms with E-state index in [1.807, 2.05) is 0 Å². The van der Waals surface area contributed by atoms with E-state index in [1.165, 1.54) is 0 Å². The minimum Gasteiger partial charge on any atom is -0.324 e. The summed E-state index contributed by atoms with van der Waals surface area (Å²) in [5, 5.41) is 0. The molecule has 0 aliphatic carbocycles.